The number of aliphatic hydroxyl groups is 1. The van der Waals surface area contributed by atoms with Crippen molar-refractivity contribution in [3.8, 4) is 0 Å². The third-order valence-electron chi connectivity index (χ3n) is 3.54. The summed E-state index contributed by atoms with van der Waals surface area (Å²) in [5.41, 5.74) is -0.637. The van der Waals surface area contributed by atoms with Gasteiger partial charge in [-0.05, 0) is 30.5 Å². The minimum absolute atomic E-state index is 0.0591. The Balaban J connectivity index is 2.23. The van der Waals surface area contributed by atoms with Gasteiger partial charge in [-0.1, -0.05) is 18.6 Å². The van der Waals surface area contributed by atoms with Crippen LogP contribution in [0.2, 0.25) is 0 Å². The number of benzene rings is 1. The number of rotatable bonds is 2. The summed E-state index contributed by atoms with van der Waals surface area (Å²) in [6, 6.07) is 4.57. The first-order chi connectivity index (χ1) is 8.89. The van der Waals surface area contributed by atoms with Gasteiger partial charge in [0.25, 0.3) is 0 Å². The fourth-order valence-electron chi connectivity index (χ4n) is 2.48. The van der Waals surface area contributed by atoms with Crippen molar-refractivity contribution >= 4 is 5.78 Å². The number of aliphatic hydroxyl groups excluding tert-OH is 1. The van der Waals surface area contributed by atoms with Crippen LogP contribution in [0.4, 0.5) is 13.2 Å². The molecule has 0 bridgehead atoms. The molecular formula is C14H15F3O2. The summed E-state index contributed by atoms with van der Waals surface area (Å²) < 4.78 is 37.8. The van der Waals surface area contributed by atoms with E-state index in [1.165, 1.54) is 12.1 Å². The first kappa shape index (κ1) is 14.1. The molecule has 1 aromatic rings. The second-order valence-electron chi connectivity index (χ2n) is 4.89. The molecule has 2 atom stereocenters. The zero-order chi connectivity index (χ0) is 14.0. The lowest BCUT2D eigenvalue weighted by Gasteiger charge is -2.26. The molecule has 1 aliphatic carbocycles. The average molecular weight is 272 g/mol. The summed E-state index contributed by atoms with van der Waals surface area (Å²) in [5.74, 6) is -0.631. The topological polar surface area (TPSA) is 37.3 Å². The molecule has 1 aliphatic rings. The lowest BCUT2D eigenvalue weighted by molar-refractivity contribution is -0.137. The van der Waals surface area contributed by atoms with E-state index in [0.29, 0.717) is 12.8 Å². The molecule has 104 valence electrons. The smallest absolute Gasteiger partial charge is 0.388 e. The van der Waals surface area contributed by atoms with Gasteiger partial charge in [0, 0.05) is 12.3 Å². The van der Waals surface area contributed by atoms with Crippen LogP contribution in [0.3, 0.4) is 0 Å². The van der Waals surface area contributed by atoms with E-state index in [0.717, 1.165) is 25.0 Å². The molecule has 0 saturated heterocycles. The number of ketones is 1. The monoisotopic (exact) mass is 272 g/mol. The van der Waals surface area contributed by atoms with Crippen molar-refractivity contribution < 1.29 is 23.1 Å². The molecule has 2 rings (SSSR count). The SMILES string of the molecule is O=C1CCCC[C@H]1[C@@H](O)c1cccc(C(F)(F)F)c1. The van der Waals surface area contributed by atoms with Crippen molar-refractivity contribution in [3.63, 3.8) is 0 Å². The van der Waals surface area contributed by atoms with E-state index in [4.69, 9.17) is 0 Å². The Hall–Kier alpha value is -1.36. The minimum Gasteiger partial charge on any atom is -0.388 e. The van der Waals surface area contributed by atoms with E-state index < -0.39 is 23.8 Å². The Morgan fingerprint density at radius 1 is 1.26 bits per heavy atom. The first-order valence-corrected chi connectivity index (χ1v) is 6.27. The number of Topliss-reactive ketones (excluding diaryl/α,β-unsaturated/α-hetero) is 1. The van der Waals surface area contributed by atoms with Crippen molar-refractivity contribution in [2.24, 2.45) is 5.92 Å². The molecule has 5 heteroatoms. The van der Waals surface area contributed by atoms with Gasteiger partial charge in [-0.3, -0.25) is 4.79 Å². The van der Waals surface area contributed by atoms with Gasteiger partial charge < -0.3 is 5.11 Å². The number of carbonyl (C=O) groups is 1. The van der Waals surface area contributed by atoms with E-state index in [1.54, 1.807) is 0 Å². The van der Waals surface area contributed by atoms with E-state index in [2.05, 4.69) is 0 Å². The molecular weight excluding hydrogens is 257 g/mol. The minimum atomic E-state index is -4.44. The first-order valence-electron chi connectivity index (χ1n) is 6.27. The second-order valence-corrected chi connectivity index (χ2v) is 4.89. The van der Waals surface area contributed by atoms with Crippen LogP contribution in [-0.2, 0) is 11.0 Å². The Morgan fingerprint density at radius 2 is 2.00 bits per heavy atom. The van der Waals surface area contributed by atoms with Crippen LogP contribution in [0, 0.1) is 5.92 Å². The van der Waals surface area contributed by atoms with Gasteiger partial charge in [0.2, 0.25) is 0 Å². The second kappa shape index (κ2) is 5.33. The Morgan fingerprint density at radius 3 is 2.63 bits per heavy atom. The quantitative estimate of drug-likeness (QED) is 0.894. The van der Waals surface area contributed by atoms with E-state index in [-0.39, 0.29) is 11.3 Å². The standard InChI is InChI=1S/C14H15F3O2/c15-14(16,17)10-5-3-4-9(8-10)13(19)11-6-1-2-7-12(11)18/h3-5,8,11,13,19H,1-2,6-7H2/t11-,13+/m1/s1. The molecule has 1 aromatic carbocycles. The van der Waals surface area contributed by atoms with Gasteiger partial charge in [0.1, 0.15) is 5.78 Å². The lowest BCUT2D eigenvalue weighted by Crippen LogP contribution is -2.25. The van der Waals surface area contributed by atoms with Crippen molar-refractivity contribution in [3.05, 3.63) is 35.4 Å². The molecule has 0 aliphatic heterocycles. The number of alkyl halides is 3. The number of hydrogen-bond acceptors (Lipinski definition) is 2. The highest BCUT2D eigenvalue weighted by molar-refractivity contribution is 5.82. The molecule has 0 radical (unpaired) electrons. The van der Waals surface area contributed by atoms with Crippen molar-refractivity contribution in [1.29, 1.82) is 0 Å². The maximum Gasteiger partial charge on any atom is 0.416 e. The zero-order valence-electron chi connectivity index (χ0n) is 10.3. The summed E-state index contributed by atoms with van der Waals surface area (Å²) in [6.07, 6.45) is -3.02. The predicted octanol–water partition coefficient (Wildman–Crippen LogP) is 3.50. The van der Waals surface area contributed by atoms with Gasteiger partial charge in [0.15, 0.2) is 0 Å². The Labute approximate surface area is 109 Å². The highest BCUT2D eigenvalue weighted by Gasteiger charge is 2.33. The molecule has 0 amide bonds. The van der Waals surface area contributed by atoms with Gasteiger partial charge in [0.05, 0.1) is 11.7 Å². The maximum atomic E-state index is 12.6. The maximum absolute atomic E-state index is 12.6. The Bertz CT molecular complexity index is 468. The fourth-order valence-corrected chi connectivity index (χ4v) is 2.48. The summed E-state index contributed by atoms with van der Waals surface area (Å²) >= 11 is 0. The van der Waals surface area contributed by atoms with Crippen LogP contribution in [-0.4, -0.2) is 10.9 Å². The van der Waals surface area contributed by atoms with Crippen LogP contribution in [0.15, 0.2) is 24.3 Å². The fraction of sp³-hybridized carbons (Fsp3) is 0.500. The molecule has 0 heterocycles. The largest absolute Gasteiger partial charge is 0.416 e. The number of carbonyl (C=O) groups excluding carboxylic acids is 1. The molecule has 0 aromatic heterocycles. The van der Waals surface area contributed by atoms with Gasteiger partial charge >= 0.3 is 6.18 Å². The molecule has 1 fully saturated rings. The van der Waals surface area contributed by atoms with Crippen molar-refractivity contribution in [1.82, 2.24) is 0 Å². The molecule has 1 N–H and O–H groups in total. The summed E-state index contributed by atoms with van der Waals surface area (Å²) in [5, 5.41) is 10.1. The van der Waals surface area contributed by atoms with Crippen molar-refractivity contribution in [2.75, 3.05) is 0 Å². The zero-order valence-corrected chi connectivity index (χ0v) is 10.3. The van der Waals surface area contributed by atoms with E-state index >= 15 is 0 Å². The van der Waals surface area contributed by atoms with E-state index in [1.807, 2.05) is 0 Å². The normalized spacial score (nSPS) is 22.3. The van der Waals surface area contributed by atoms with Crippen LogP contribution in [0.5, 0.6) is 0 Å². The van der Waals surface area contributed by atoms with Crippen molar-refractivity contribution in [2.45, 2.75) is 38.0 Å². The van der Waals surface area contributed by atoms with Gasteiger partial charge in [-0.15, -0.1) is 0 Å². The Kier molecular flexibility index (Phi) is 3.94. The number of hydrogen-bond donors (Lipinski definition) is 1. The van der Waals surface area contributed by atoms with Crippen LogP contribution >= 0.6 is 0 Å². The molecule has 1 saturated carbocycles. The third-order valence-corrected chi connectivity index (χ3v) is 3.54. The number of halogens is 3. The lowest BCUT2D eigenvalue weighted by atomic mass is 9.81. The third kappa shape index (κ3) is 3.15. The summed E-state index contributed by atoms with van der Waals surface area (Å²) in [6.45, 7) is 0. The van der Waals surface area contributed by atoms with Crippen LogP contribution in [0.25, 0.3) is 0 Å². The molecule has 2 nitrogen and oxygen atoms in total. The highest BCUT2D eigenvalue weighted by atomic mass is 19.4. The van der Waals surface area contributed by atoms with E-state index in [9.17, 15) is 23.1 Å². The molecule has 19 heavy (non-hydrogen) atoms. The summed E-state index contributed by atoms with van der Waals surface area (Å²) in [7, 11) is 0. The van der Waals surface area contributed by atoms with Gasteiger partial charge in [-0.25, -0.2) is 0 Å². The summed E-state index contributed by atoms with van der Waals surface area (Å²) in [4.78, 5) is 11.7. The predicted molar refractivity (Wildman–Crippen MR) is 63.4 cm³/mol. The van der Waals surface area contributed by atoms with Crippen LogP contribution < -0.4 is 0 Å². The molecule has 0 spiro atoms. The van der Waals surface area contributed by atoms with Crippen LogP contribution in [0.1, 0.15) is 42.9 Å². The molecule has 0 unspecified atom stereocenters. The average Bonchev–Trinajstić information content (AvgIpc) is 2.38. The highest BCUT2D eigenvalue weighted by Crippen LogP contribution is 2.35. The van der Waals surface area contributed by atoms with Gasteiger partial charge in [-0.2, -0.15) is 13.2 Å².